The van der Waals surface area contributed by atoms with Crippen LogP contribution in [0.3, 0.4) is 0 Å². The molecule has 3 rings (SSSR count). The van der Waals surface area contributed by atoms with Gasteiger partial charge in [0, 0.05) is 11.8 Å². The molecule has 0 bridgehead atoms. The zero-order chi connectivity index (χ0) is 14.8. The molecule has 1 N–H and O–H groups in total. The zero-order valence-electron chi connectivity index (χ0n) is 11.4. The van der Waals surface area contributed by atoms with E-state index in [1.54, 1.807) is 12.1 Å². The van der Waals surface area contributed by atoms with Gasteiger partial charge in [0.25, 0.3) is 5.69 Å². The van der Waals surface area contributed by atoms with Gasteiger partial charge in [0.05, 0.1) is 15.4 Å². The average molecular weight is 347 g/mol. The zero-order valence-corrected chi connectivity index (χ0v) is 13.0. The van der Waals surface area contributed by atoms with Crippen LogP contribution < -0.4 is 5.32 Å². The second kappa shape index (κ2) is 5.85. The topological polar surface area (TPSA) is 55.2 Å². The molecule has 0 heterocycles. The molecule has 0 saturated heterocycles. The summed E-state index contributed by atoms with van der Waals surface area (Å²) in [6, 6.07) is 13.8. The Morgan fingerprint density at radius 1 is 1.24 bits per heavy atom. The van der Waals surface area contributed by atoms with Crippen LogP contribution >= 0.6 is 15.9 Å². The SMILES string of the molecule is O=[N+]([O-])c1cc(NC2CCCc3ccccc32)ccc1Br. The van der Waals surface area contributed by atoms with E-state index >= 15 is 0 Å². The van der Waals surface area contributed by atoms with Gasteiger partial charge in [-0.2, -0.15) is 0 Å². The van der Waals surface area contributed by atoms with E-state index < -0.39 is 0 Å². The number of anilines is 1. The van der Waals surface area contributed by atoms with Gasteiger partial charge >= 0.3 is 0 Å². The minimum Gasteiger partial charge on any atom is -0.378 e. The number of hydrogen-bond donors (Lipinski definition) is 1. The van der Waals surface area contributed by atoms with Gasteiger partial charge in [-0.25, -0.2) is 0 Å². The number of nitro groups is 1. The fraction of sp³-hybridized carbons (Fsp3) is 0.250. The van der Waals surface area contributed by atoms with E-state index in [9.17, 15) is 10.1 Å². The maximum Gasteiger partial charge on any atom is 0.285 e. The van der Waals surface area contributed by atoms with E-state index in [1.807, 2.05) is 12.1 Å². The maximum atomic E-state index is 11.0. The Morgan fingerprint density at radius 2 is 2.05 bits per heavy atom. The number of hydrogen-bond acceptors (Lipinski definition) is 3. The Labute approximate surface area is 131 Å². The van der Waals surface area contributed by atoms with Crippen LogP contribution in [0, 0.1) is 10.1 Å². The summed E-state index contributed by atoms with van der Waals surface area (Å²) in [4.78, 5) is 10.6. The molecule has 0 aromatic heterocycles. The standard InChI is InChI=1S/C16H15BrN2O2/c17-14-9-8-12(10-16(14)19(20)21)18-15-7-3-5-11-4-1-2-6-13(11)15/h1-2,4,6,8-10,15,18H,3,5,7H2. The molecule has 1 atom stereocenters. The van der Waals surface area contributed by atoms with Gasteiger partial charge in [0.15, 0.2) is 0 Å². The largest absolute Gasteiger partial charge is 0.378 e. The van der Waals surface area contributed by atoms with Gasteiger partial charge in [-0.1, -0.05) is 24.3 Å². The van der Waals surface area contributed by atoms with Crippen molar-refractivity contribution >= 4 is 27.3 Å². The highest BCUT2D eigenvalue weighted by Gasteiger charge is 2.20. The minimum atomic E-state index is -0.371. The normalized spacial score (nSPS) is 17.1. The van der Waals surface area contributed by atoms with Gasteiger partial charge in [-0.3, -0.25) is 10.1 Å². The molecule has 21 heavy (non-hydrogen) atoms. The van der Waals surface area contributed by atoms with Crippen LogP contribution in [0.4, 0.5) is 11.4 Å². The number of nitro benzene ring substituents is 1. The van der Waals surface area contributed by atoms with Gasteiger partial charge in [0.2, 0.25) is 0 Å². The van der Waals surface area contributed by atoms with Crippen molar-refractivity contribution in [1.29, 1.82) is 0 Å². The molecule has 0 fully saturated rings. The first-order chi connectivity index (χ1) is 10.1. The highest BCUT2D eigenvalue weighted by molar-refractivity contribution is 9.10. The summed E-state index contributed by atoms with van der Waals surface area (Å²) in [6.07, 6.45) is 3.28. The number of fused-ring (bicyclic) bond motifs is 1. The second-order valence-electron chi connectivity index (χ2n) is 5.21. The average Bonchev–Trinajstić information content (AvgIpc) is 2.49. The molecule has 0 spiro atoms. The number of halogens is 1. The first-order valence-corrected chi connectivity index (χ1v) is 7.73. The van der Waals surface area contributed by atoms with Crippen molar-refractivity contribution in [2.75, 3.05) is 5.32 Å². The van der Waals surface area contributed by atoms with Crippen molar-refractivity contribution in [3.05, 3.63) is 68.2 Å². The van der Waals surface area contributed by atoms with Crippen LogP contribution in [-0.2, 0) is 6.42 Å². The summed E-state index contributed by atoms with van der Waals surface area (Å²) in [5, 5.41) is 14.4. The lowest BCUT2D eigenvalue weighted by Crippen LogP contribution is -2.17. The summed E-state index contributed by atoms with van der Waals surface area (Å²) in [6.45, 7) is 0. The lowest BCUT2D eigenvalue weighted by Gasteiger charge is -2.27. The molecule has 1 aliphatic rings. The Kier molecular flexibility index (Phi) is 3.92. The van der Waals surface area contributed by atoms with Crippen molar-refractivity contribution in [2.24, 2.45) is 0 Å². The second-order valence-corrected chi connectivity index (χ2v) is 6.07. The third-order valence-electron chi connectivity index (χ3n) is 3.85. The molecule has 2 aromatic rings. The van der Waals surface area contributed by atoms with Gasteiger partial charge < -0.3 is 5.32 Å². The van der Waals surface area contributed by atoms with Crippen LogP contribution in [0.1, 0.15) is 30.0 Å². The van der Waals surface area contributed by atoms with Crippen molar-refractivity contribution in [3.63, 3.8) is 0 Å². The highest BCUT2D eigenvalue weighted by atomic mass is 79.9. The molecule has 0 radical (unpaired) electrons. The monoisotopic (exact) mass is 346 g/mol. The van der Waals surface area contributed by atoms with Crippen LogP contribution in [0.5, 0.6) is 0 Å². The summed E-state index contributed by atoms with van der Waals surface area (Å²) in [5.41, 5.74) is 3.54. The Balaban J connectivity index is 1.88. The van der Waals surface area contributed by atoms with E-state index in [1.165, 1.54) is 11.1 Å². The van der Waals surface area contributed by atoms with Crippen LogP contribution in [0.15, 0.2) is 46.9 Å². The summed E-state index contributed by atoms with van der Waals surface area (Å²) >= 11 is 3.21. The van der Waals surface area contributed by atoms with Crippen LogP contribution in [-0.4, -0.2) is 4.92 Å². The Morgan fingerprint density at radius 3 is 2.86 bits per heavy atom. The number of nitrogens with one attached hydrogen (secondary N) is 1. The maximum absolute atomic E-state index is 11.0. The number of benzene rings is 2. The highest BCUT2D eigenvalue weighted by Crippen LogP contribution is 2.34. The molecule has 0 aliphatic heterocycles. The molecule has 2 aromatic carbocycles. The molecular formula is C16H15BrN2O2. The molecular weight excluding hydrogens is 332 g/mol. The summed E-state index contributed by atoms with van der Waals surface area (Å²) in [5.74, 6) is 0. The third-order valence-corrected chi connectivity index (χ3v) is 4.52. The predicted octanol–water partition coefficient (Wildman–Crippen LogP) is 4.85. The Bertz CT molecular complexity index is 688. The van der Waals surface area contributed by atoms with E-state index in [-0.39, 0.29) is 16.7 Å². The first kappa shape index (κ1) is 14.1. The lowest BCUT2D eigenvalue weighted by atomic mass is 9.87. The minimum absolute atomic E-state index is 0.0871. The van der Waals surface area contributed by atoms with Crippen molar-refractivity contribution < 1.29 is 4.92 Å². The Hall–Kier alpha value is -1.88. The molecule has 4 nitrogen and oxygen atoms in total. The molecule has 108 valence electrons. The van der Waals surface area contributed by atoms with Crippen molar-refractivity contribution in [2.45, 2.75) is 25.3 Å². The van der Waals surface area contributed by atoms with Crippen molar-refractivity contribution in [3.8, 4) is 0 Å². The number of aryl methyl sites for hydroxylation is 1. The van der Waals surface area contributed by atoms with Crippen molar-refractivity contribution in [1.82, 2.24) is 0 Å². The predicted molar refractivity (Wildman–Crippen MR) is 86.5 cm³/mol. The smallest absolute Gasteiger partial charge is 0.285 e. The molecule has 1 aliphatic carbocycles. The van der Waals surface area contributed by atoms with Gasteiger partial charge in [0.1, 0.15) is 0 Å². The molecule has 1 unspecified atom stereocenters. The van der Waals surface area contributed by atoms with Crippen LogP contribution in [0.2, 0.25) is 0 Å². The third kappa shape index (κ3) is 2.93. The molecule has 0 amide bonds. The fourth-order valence-electron chi connectivity index (χ4n) is 2.85. The quantitative estimate of drug-likeness (QED) is 0.638. The van der Waals surface area contributed by atoms with Gasteiger partial charge in [-0.05, 0) is 58.5 Å². The molecule has 0 saturated carbocycles. The number of rotatable bonds is 3. The first-order valence-electron chi connectivity index (χ1n) is 6.93. The van der Waals surface area contributed by atoms with E-state index in [0.717, 1.165) is 24.9 Å². The van der Waals surface area contributed by atoms with E-state index in [0.29, 0.717) is 4.47 Å². The van der Waals surface area contributed by atoms with E-state index in [2.05, 4.69) is 39.4 Å². The molecule has 5 heteroatoms. The van der Waals surface area contributed by atoms with Gasteiger partial charge in [-0.15, -0.1) is 0 Å². The lowest BCUT2D eigenvalue weighted by molar-refractivity contribution is -0.385. The van der Waals surface area contributed by atoms with E-state index in [4.69, 9.17) is 0 Å². The fourth-order valence-corrected chi connectivity index (χ4v) is 3.24. The summed E-state index contributed by atoms with van der Waals surface area (Å²) in [7, 11) is 0. The number of nitrogens with zero attached hydrogens (tertiary/aromatic N) is 1. The van der Waals surface area contributed by atoms with Crippen LogP contribution in [0.25, 0.3) is 0 Å². The summed E-state index contributed by atoms with van der Waals surface area (Å²) < 4.78 is 0.502.